The summed E-state index contributed by atoms with van der Waals surface area (Å²) in [6, 6.07) is 0. The van der Waals surface area contributed by atoms with Crippen LogP contribution in [0.25, 0.3) is 0 Å². The molecule has 0 aromatic heterocycles. The first-order chi connectivity index (χ1) is 40.0. The lowest BCUT2D eigenvalue weighted by atomic mass is 10.0. The monoisotopic (exact) mass is 1130 g/mol. The van der Waals surface area contributed by atoms with Crippen molar-refractivity contribution in [3.63, 3.8) is 0 Å². The molecule has 0 heterocycles. The lowest BCUT2D eigenvalue weighted by molar-refractivity contribution is -0.167. The number of rotatable bonds is 66. The van der Waals surface area contributed by atoms with E-state index < -0.39 is 6.10 Å². The molecule has 0 amide bonds. The zero-order valence-electron chi connectivity index (χ0n) is 54.3. The van der Waals surface area contributed by atoms with Crippen LogP contribution in [0.5, 0.6) is 0 Å². The first-order valence-corrected chi connectivity index (χ1v) is 35.8. The quantitative estimate of drug-likeness (QED) is 0.0261. The van der Waals surface area contributed by atoms with E-state index in [0.717, 1.165) is 83.5 Å². The Morgan fingerprint density at radius 1 is 0.259 bits per heavy atom. The van der Waals surface area contributed by atoms with Gasteiger partial charge in [-0.05, 0) is 83.5 Å². The summed E-state index contributed by atoms with van der Waals surface area (Å²) in [6.07, 6.45) is 89.8. The third kappa shape index (κ3) is 67.8. The molecule has 0 aromatic carbocycles. The van der Waals surface area contributed by atoms with Gasteiger partial charge in [0.05, 0.1) is 0 Å². The molecule has 0 aromatic rings. The van der Waals surface area contributed by atoms with Crippen molar-refractivity contribution in [3.8, 4) is 0 Å². The number of carbonyl (C=O) groups is 3. The number of ether oxygens (including phenoxy) is 3. The minimum Gasteiger partial charge on any atom is -0.462 e. The average molecular weight is 1130 g/mol. The first-order valence-electron chi connectivity index (χ1n) is 35.8. The highest BCUT2D eigenvalue weighted by Crippen LogP contribution is 2.18. The van der Waals surface area contributed by atoms with Gasteiger partial charge in [-0.1, -0.05) is 338 Å². The minimum absolute atomic E-state index is 0.0690. The van der Waals surface area contributed by atoms with Crippen LogP contribution in [-0.4, -0.2) is 37.2 Å². The van der Waals surface area contributed by atoms with E-state index in [1.807, 2.05) is 0 Å². The second kappa shape index (κ2) is 69.6. The highest BCUT2D eigenvalue weighted by Gasteiger charge is 2.19. The van der Waals surface area contributed by atoms with Crippen LogP contribution in [0.2, 0.25) is 0 Å². The van der Waals surface area contributed by atoms with Crippen molar-refractivity contribution in [2.75, 3.05) is 13.2 Å². The van der Waals surface area contributed by atoms with Crippen LogP contribution in [0.15, 0.2) is 60.8 Å². The van der Waals surface area contributed by atoms with Crippen LogP contribution in [0.3, 0.4) is 0 Å². The van der Waals surface area contributed by atoms with Gasteiger partial charge in [-0.2, -0.15) is 0 Å². The Balaban J connectivity index is 4.05. The SMILES string of the molecule is CC/C=C\C/C=C\C/C=C\C/C=C\CCCCCCCCCCCCCCCCCCCCCCCCC(=O)OCC(COC(=O)CCCCCCCCCCCCC)OC(=O)CCCCCCCCC/C=C\CCCCCCCC. The van der Waals surface area contributed by atoms with Crippen LogP contribution < -0.4 is 0 Å². The Kier molecular flexibility index (Phi) is 67.1. The maximum Gasteiger partial charge on any atom is 0.306 e. The molecule has 0 spiro atoms. The summed E-state index contributed by atoms with van der Waals surface area (Å²) >= 11 is 0. The van der Waals surface area contributed by atoms with E-state index in [0.29, 0.717) is 19.3 Å². The van der Waals surface area contributed by atoms with E-state index in [1.165, 1.54) is 257 Å². The lowest BCUT2D eigenvalue weighted by Gasteiger charge is -2.18. The van der Waals surface area contributed by atoms with Gasteiger partial charge in [0.25, 0.3) is 0 Å². The molecule has 6 nitrogen and oxygen atoms in total. The summed E-state index contributed by atoms with van der Waals surface area (Å²) in [6.45, 7) is 6.57. The largest absolute Gasteiger partial charge is 0.462 e. The van der Waals surface area contributed by atoms with Crippen molar-refractivity contribution in [2.24, 2.45) is 0 Å². The third-order valence-electron chi connectivity index (χ3n) is 16.0. The Hall–Kier alpha value is -2.89. The molecule has 472 valence electrons. The Morgan fingerprint density at radius 3 is 0.765 bits per heavy atom. The molecule has 0 saturated heterocycles. The van der Waals surface area contributed by atoms with E-state index in [1.54, 1.807) is 0 Å². The fourth-order valence-electron chi connectivity index (χ4n) is 10.7. The van der Waals surface area contributed by atoms with Gasteiger partial charge in [0, 0.05) is 19.3 Å². The van der Waals surface area contributed by atoms with Gasteiger partial charge in [0.1, 0.15) is 13.2 Å². The van der Waals surface area contributed by atoms with Crippen LogP contribution in [-0.2, 0) is 28.6 Å². The first kappa shape index (κ1) is 78.1. The van der Waals surface area contributed by atoms with Gasteiger partial charge in [0.2, 0.25) is 0 Å². The van der Waals surface area contributed by atoms with Crippen molar-refractivity contribution in [2.45, 2.75) is 386 Å². The molecule has 0 rings (SSSR count). The Labute approximate surface area is 504 Å². The normalized spacial score (nSPS) is 12.4. The highest BCUT2D eigenvalue weighted by atomic mass is 16.6. The van der Waals surface area contributed by atoms with Gasteiger partial charge in [0.15, 0.2) is 6.10 Å². The maximum atomic E-state index is 12.9. The zero-order chi connectivity index (χ0) is 58.5. The molecular weight excluding hydrogens is 997 g/mol. The van der Waals surface area contributed by atoms with Crippen LogP contribution in [0.1, 0.15) is 380 Å². The molecule has 0 aliphatic carbocycles. The number of esters is 3. The molecule has 0 N–H and O–H groups in total. The summed E-state index contributed by atoms with van der Waals surface area (Å²) < 4.78 is 16.9. The molecule has 81 heavy (non-hydrogen) atoms. The summed E-state index contributed by atoms with van der Waals surface area (Å²) in [7, 11) is 0. The van der Waals surface area contributed by atoms with Gasteiger partial charge in [-0.15, -0.1) is 0 Å². The topological polar surface area (TPSA) is 78.9 Å². The van der Waals surface area contributed by atoms with E-state index in [4.69, 9.17) is 14.2 Å². The number of unbranched alkanes of at least 4 members (excludes halogenated alkanes) is 45. The van der Waals surface area contributed by atoms with Crippen molar-refractivity contribution in [1.82, 2.24) is 0 Å². The Morgan fingerprint density at radius 2 is 0.481 bits per heavy atom. The molecule has 1 atom stereocenters. The van der Waals surface area contributed by atoms with Crippen molar-refractivity contribution >= 4 is 17.9 Å². The van der Waals surface area contributed by atoms with Gasteiger partial charge in [-0.25, -0.2) is 0 Å². The second-order valence-electron chi connectivity index (χ2n) is 24.1. The lowest BCUT2D eigenvalue weighted by Crippen LogP contribution is -2.30. The molecule has 0 aliphatic rings. The van der Waals surface area contributed by atoms with Crippen LogP contribution in [0, 0.1) is 0 Å². The fourth-order valence-corrected chi connectivity index (χ4v) is 10.7. The number of allylic oxidation sites excluding steroid dienone is 10. The molecule has 0 radical (unpaired) electrons. The van der Waals surface area contributed by atoms with Crippen molar-refractivity contribution in [3.05, 3.63) is 60.8 Å². The molecule has 1 unspecified atom stereocenters. The smallest absolute Gasteiger partial charge is 0.306 e. The molecular formula is C75H136O6. The predicted molar refractivity (Wildman–Crippen MR) is 353 cm³/mol. The summed E-state index contributed by atoms with van der Waals surface area (Å²) in [5, 5.41) is 0. The average Bonchev–Trinajstić information content (AvgIpc) is 3.47. The molecule has 0 saturated carbocycles. The van der Waals surface area contributed by atoms with Crippen molar-refractivity contribution < 1.29 is 28.6 Å². The van der Waals surface area contributed by atoms with Crippen LogP contribution >= 0.6 is 0 Å². The summed E-state index contributed by atoms with van der Waals surface area (Å²) in [5.74, 6) is -0.849. The Bertz CT molecular complexity index is 1440. The highest BCUT2D eigenvalue weighted by molar-refractivity contribution is 5.71. The predicted octanol–water partition coefficient (Wildman–Crippen LogP) is 24.7. The number of hydrogen-bond acceptors (Lipinski definition) is 6. The zero-order valence-corrected chi connectivity index (χ0v) is 54.3. The maximum absolute atomic E-state index is 12.9. The van der Waals surface area contributed by atoms with Gasteiger partial charge >= 0.3 is 17.9 Å². The molecule has 0 bridgehead atoms. The summed E-state index contributed by atoms with van der Waals surface area (Å²) in [4.78, 5) is 38.3. The number of hydrogen-bond donors (Lipinski definition) is 0. The van der Waals surface area contributed by atoms with E-state index in [9.17, 15) is 14.4 Å². The standard InChI is InChI=1S/C75H136O6/c1-4-7-10-13-16-19-22-24-26-28-29-30-31-32-33-34-35-36-37-38-39-40-41-42-43-44-45-47-48-50-53-56-59-62-65-68-74(77)80-71-72(70-79-73(76)67-64-61-58-55-52-21-18-15-12-9-6-3)81-75(78)69-66-63-60-57-54-51-49-46-27-25-23-20-17-14-11-8-5-2/h7,10,16,19,24-27,29-30,72H,4-6,8-9,11-15,17-18,20-23,28,31-71H2,1-3H3/b10-7-,19-16-,26-24-,27-25-,30-29-. The van der Waals surface area contributed by atoms with Gasteiger partial charge < -0.3 is 14.2 Å². The third-order valence-corrected chi connectivity index (χ3v) is 16.0. The van der Waals surface area contributed by atoms with Gasteiger partial charge in [-0.3, -0.25) is 14.4 Å². The second-order valence-corrected chi connectivity index (χ2v) is 24.1. The molecule has 0 aliphatic heterocycles. The van der Waals surface area contributed by atoms with E-state index in [2.05, 4.69) is 81.5 Å². The van der Waals surface area contributed by atoms with Crippen LogP contribution in [0.4, 0.5) is 0 Å². The minimum atomic E-state index is -0.772. The fraction of sp³-hybridized carbons (Fsp3) is 0.827. The number of carbonyl (C=O) groups excluding carboxylic acids is 3. The van der Waals surface area contributed by atoms with E-state index >= 15 is 0 Å². The molecule has 0 fully saturated rings. The van der Waals surface area contributed by atoms with E-state index in [-0.39, 0.29) is 31.1 Å². The molecule has 6 heteroatoms. The summed E-state index contributed by atoms with van der Waals surface area (Å²) in [5.41, 5.74) is 0. The van der Waals surface area contributed by atoms with Crippen molar-refractivity contribution in [1.29, 1.82) is 0 Å².